The zero-order valence-electron chi connectivity index (χ0n) is 9.74. The Hall–Kier alpha value is -1.44. The predicted octanol–water partition coefficient (Wildman–Crippen LogP) is 3.25. The van der Waals surface area contributed by atoms with Crippen molar-refractivity contribution in [2.45, 2.75) is 26.2 Å². The van der Waals surface area contributed by atoms with Gasteiger partial charge in [-0.1, -0.05) is 20.8 Å². The summed E-state index contributed by atoms with van der Waals surface area (Å²) in [5.74, 6) is 0.909. The molecule has 0 atom stereocenters. The highest BCUT2D eigenvalue weighted by atomic mass is 16.5. The van der Waals surface area contributed by atoms with Crippen LogP contribution in [-0.4, -0.2) is 11.5 Å². The fourth-order valence-electron chi connectivity index (χ4n) is 1.84. The lowest BCUT2D eigenvalue weighted by Gasteiger charge is -2.17. The number of hydrogen-bond donors (Lipinski definition) is 0. The van der Waals surface area contributed by atoms with Crippen molar-refractivity contribution in [3.05, 3.63) is 36.2 Å². The van der Waals surface area contributed by atoms with Crippen molar-refractivity contribution in [1.82, 2.24) is 4.40 Å². The summed E-state index contributed by atoms with van der Waals surface area (Å²) in [6, 6.07) is 6.23. The Balaban J connectivity index is 2.67. The van der Waals surface area contributed by atoms with Crippen LogP contribution in [0.2, 0.25) is 0 Å². The molecule has 0 N–H and O–H groups in total. The van der Waals surface area contributed by atoms with Gasteiger partial charge in [-0.25, -0.2) is 0 Å². The van der Waals surface area contributed by atoms with Crippen LogP contribution in [0, 0.1) is 0 Å². The Bertz CT molecular complexity index is 477. The third kappa shape index (κ3) is 1.72. The highest BCUT2D eigenvalue weighted by molar-refractivity contribution is 5.61. The van der Waals surface area contributed by atoms with Crippen molar-refractivity contribution in [1.29, 1.82) is 0 Å². The standard InChI is InChI=1S/C13H17NO/c1-13(2,3)11-6-8-14-7-5-10(15-4)9-12(11)14/h5-9H,1-4H3. The van der Waals surface area contributed by atoms with E-state index in [-0.39, 0.29) is 5.41 Å². The van der Waals surface area contributed by atoms with Gasteiger partial charge in [-0.05, 0) is 23.1 Å². The number of hydrogen-bond acceptors (Lipinski definition) is 1. The van der Waals surface area contributed by atoms with Crippen LogP contribution in [0.25, 0.3) is 5.52 Å². The summed E-state index contributed by atoms with van der Waals surface area (Å²) in [5.41, 5.74) is 2.74. The minimum absolute atomic E-state index is 0.168. The largest absolute Gasteiger partial charge is 0.497 e. The van der Waals surface area contributed by atoms with E-state index < -0.39 is 0 Å². The van der Waals surface area contributed by atoms with Gasteiger partial charge in [0.1, 0.15) is 5.75 Å². The molecular formula is C13H17NO. The number of fused-ring (bicyclic) bond motifs is 1. The summed E-state index contributed by atoms with van der Waals surface area (Å²) >= 11 is 0. The number of pyridine rings is 1. The summed E-state index contributed by atoms with van der Waals surface area (Å²) in [7, 11) is 1.70. The smallest absolute Gasteiger partial charge is 0.122 e. The van der Waals surface area contributed by atoms with Crippen LogP contribution in [-0.2, 0) is 5.41 Å². The van der Waals surface area contributed by atoms with Gasteiger partial charge in [0.05, 0.1) is 12.6 Å². The number of methoxy groups -OCH3 is 1. The van der Waals surface area contributed by atoms with Gasteiger partial charge in [0.25, 0.3) is 0 Å². The zero-order chi connectivity index (χ0) is 11.1. The first-order valence-electron chi connectivity index (χ1n) is 5.17. The van der Waals surface area contributed by atoms with Crippen LogP contribution in [0.4, 0.5) is 0 Å². The molecule has 0 saturated carbocycles. The number of ether oxygens (including phenoxy) is 1. The Morgan fingerprint density at radius 2 is 1.80 bits per heavy atom. The van der Waals surface area contributed by atoms with Crippen LogP contribution in [0.3, 0.4) is 0 Å². The van der Waals surface area contributed by atoms with Gasteiger partial charge in [0, 0.05) is 18.5 Å². The second kappa shape index (κ2) is 3.30. The van der Waals surface area contributed by atoms with E-state index >= 15 is 0 Å². The van der Waals surface area contributed by atoms with Crippen LogP contribution < -0.4 is 4.74 Å². The molecule has 0 amide bonds. The van der Waals surface area contributed by atoms with Crippen LogP contribution in [0.1, 0.15) is 26.3 Å². The van der Waals surface area contributed by atoms with Crippen molar-refractivity contribution < 1.29 is 4.74 Å². The molecule has 2 aromatic heterocycles. The van der Waals surface area contributed by atoms with Crippen LogP contribution in [0.15, 0.2) is 30.6 Å². The highest BCUT2D eigenvalue weighted by Crippen LogP contribution is 2.29. The molecule has 0 aliphatic rings. The average molecular weight is 203 g/mol. The first-order chi connectivity index (χ1) is 7.02. The summed E-state index contributed by atoms with van der Waals surface area (Å²) in [6.45, 7) is 6.67. The minimum atomic E-state index is 0.168. The van der Waals surface area contributed by atoms with Gasteiger partial charge in [0.2, 0.25) is 0 Å². The molecule has 0 bridgehead atoms. The molecule has 0 saturated heterocycles. The quantitative estimate of drug-likeness (QED) is 0.693. The number of nitrogens with zero attached hydrogens (tertiary/aromatic N) is 1. The fraction of sp³-hybridized carbons (Fsp3) is 0.385. The molecule has 2 aromatic rings. The predicted molar refractivity (Wildman–Crippen MR) is 62.6 cm³/mol. The Morgan fingerprint density at radius 1 is 1.13 bits per heavy atom. The first-order valence-corrected chi connectivity index (χ1v) is 5.17. The molecule has 0 radical (unpaired) electrons. The van der Waals surface area contributed by atoms with Gasteiger partial charge < -0.3 is 9.14 Å². The molecule has 2 rings (SSSR count). The molecule has 0 unspecified atom stereocenters. The molecule has 2 heterocycles. The van der Waals surface area contributed by atoms with Crippen molar-refractivity contribution in [3.63, 3.8) is 0 Å². The van der Waals surface area contributed by atoms with Crippen molar-refractivity contribution in [3.8, 4) is 5.75 Å². The minimum Gasteiger partial charge on any atom is -0.497 e. The summed E-state index contributed by atoms with van der Waals surface area (Å²) < 4.78 is 7.37. The van der Waals surface area contributed by atoms with Crippen LogP contribution in [0.5, 0.6) is 5.75 Å². The topological polar surface area (TPSA) is 13.6 Å². The fourth-order valence-corrected chi connectivity index (χ4v) is 1.84. The van der Waals surface area contributed by atoms with Gasteiger partial charge in [-0.15, -0.1) is 0 Å². The van der Waals surface area contributed by atoms with Crippen LogP contribution >= 0.6 is 0 Å². The summed E-state index contributed by atoms with van der Waals surface area (Å²) in [4.78, 5) is 0. The van der Waals surface area contributed by atoms with E-state index in [0.717, 1.165) is 5.75 Å². The normalized spacial score (nSPS) is 12.0. The average Bonchev–Trinajstić information content (AvgIpc) is 2.59. The van der Waals surface area contributed by atoms with E-state index in [1.54, 1.807) is 7.11 Å². The molecule has 0 aliphatic carbocycles. The van der Waals surface area contributed by atoms with E-state index in [1.807, 2.05) is 12.3 Å². The third-order valence-corrected chi connectivity index (χ3v) is 2.68. The monoisotopic (exact) mass is 203 g/mol. The van der Waals surface area contributed by atoms with Crippen molar-refractivity contribution in [2.75, 3.05) is 7.11 Å². The Labute approximate surface area is 90.5 Å². The van der Waals surface area contributed by atoms with E-state index in [2.05, 4.69) is 43.5 Å². The first kappa shape index (κ1) is 10.1. The maximum absolute atomic E-state index is 5.25. The van der Waals surface area contributed by atoms with E-state index in [9.17, 15) is 0 Å². The number of aromatic nitrogens is 1. The Morgan fingerprint density at radius 3 is 2.40 bits per heavy atom. The molecular weight excluding hydrogens is 186 g/mol. The van der Waals surface area contributed by atoms with Gasteiger partial charge in [0.15, 0.2) is 0 Å². The molecule has 15 heavy (non-hydrogen) atoms. The summed E-state index contributed by atoms with van der Waals surface area (Å²) in [5, 5.41) is 0. The molecule has 0 fully saturated rings. The molecule has 80 valence electrons. The maximum atomic E-state index is 5.25. The molecule has 2 heteroatoms. The second-order valence-corrected chi connectivity index (χ2v) is 4.84. The zero-order valence-corrected chi connectivity index (χ0v) is 9.74. The number of rotatable bonds is 1. The lowest BCUT2D eigenvalue weighted by Crippen LogP contribution is -2.10. The maximum Gasteiger partial charge on any atom is 0.122 e. The highest BCUT2D eigenvalue weighted by Gasteiger charge is 2.17. The molecule has 2 nitrogen and oxygen atoms in total. The van der Waals surface area contributed by atoms with Crippen molar-refractivity contribution >= 4 is 5.52 Å². The van der Waals surface area contributed by atoms with Gasteiger partial charge in [-0.2, -0.15) is 0 Å². The molecule has 0 aromatic carbocycles. The molecule has 0 spiro atoms. The van der Waals surface area contributed by atoms with Crippen molar-refractivity contribution in [2.24, 2.45) is 0 Å². The molecule has 0 aliphatic heterocycles. The lowest BCUT2D eigenvalue weighted by molar-refractivity contribution is 0.414. The van der Waals surface area contributed by atoms with E-state index in [0.29, 0.717) is 0 Å². The second-order valence-electron chi connectivity index (χ2n) is 4.84. The van der Waals surface area contributed by atoms with Gasteiger partial charge >= 0.3 is 0 Å². The third-order valence-electron chi connectivity index (χ3n) is 2.68. The summed E-state index contributed by atoms with van der Waals surface area (Å²) in [6.07, 6.45) is 4.12. The Kier molecular flexibility index (Phi) is 2.22. The van der Waals surface area contributed by atoms with E-state index in [1.165, 1.54) is 11.1 Å². The van der Waals surface area contributed by atoms with Gasteiger partial charge in [-0.3, -0.25) is 0 Å². The SMILES string of the molecule is COc1ccn2ccc(C(C)(C)C)c2c1. The van der Waals surface area contributed by atoms with E-state index in [4.69, 9.17) is 4.74 Å². The lowest BCUT2D eigenvalue weighted by atomic mass is 9.88.